The summed E-state index contributed by atoms with van der Waals surface area (Å²) in [6.07, 6.45) is -0.109. The third-order valence-electron chi connectivity index (χ3n) is 5.56. The van der Waals surface area contributed by atoms with Gasteiger partial charge < -0.3 is 24.4 Å². The molecule has 0 atom stereocenters. The zero-order valence-corrected chi connectivity index (χ0v) is 16.4. The average Bonchev–Trinajstić information content (AvgIpc) is 2.74. The molecule has 3 aromatic rings. The Morgan fingerprint density at radius 1 is 1.07 bits per heavy atom. The molecule has 0 saturated carbocycles. The van der Waals surface area contributed by atoms with Crippen molar-refractivity contribution in [2.45, 2.75) is 13.3 Å². The second kappa shape index (κ2) is 7.70. The summed E-state index contributed by atoms with van der Waals surface area (Å²) in [6, 6.07) is 9.09. The maximum atomic E-state index is 13.1. The lowest BCUT2D eigenvalue weighted by molar-refractivity contribution is -0.130. The Balaban J connectivity index is 1.49. The third kappa shape index (κ3) is 3.56. The smallest absolute Gasteiger partial charge is 0.340 e. The molecule has 2 aromatic carbocycles. The largest absolute Gasteiger partial charge is 0.504 e. The van der Waals surface area contributed by atoms with E-state index in [0.717, 1.165) is 5.69 Å². The number of carbonyl (C=O) groups is 1. The van der Waals surface area contributed by atoms with E-state index in [1.807, 2.05) is 0 Å². The second-order valence-electron chi connectivity index (χ2n) is 7.32. The van der Waals surface area contributed by atoms with Gasteiger partial charge in [0.15, 0.2) is 11.3 Å². The molecule has 2 heterocycles. The molecule has 0 aliphatic carbocycles. The minimum atomic E-state index is -0.709. The molecule has 4 rings (SSSR count). The van der Waals surface area contributed by atoms with E-state index >= 15 is 0 Å². The minimum absolute atomic E-state index is 0.0957. The molecule has 0 bridgehead atoms. The van der Waals surface area contributed by atoms with Gasteiger partial charge >= 0.3 is 5.63 Å². The molecule has 8 heteroatoms. The summed E-state index contributed by atoms with van der Waals surface area (Å²) < 4.78 is 18.3. The number of hydrogen-bond acceptors (Lipinski definition) is 6. The molecular formula is C22H21FN2O5. The number of benzene rings is 2. The predicted molar refractivity (Wildman–Crippen MR) is 109 cm³/mol. The van der Waals surface area contributed by atoms with E-state index in [1.165, 1.54) is 24.3 Å². The first-order chi connectivity index (χ1) is 14.3. The van der Waals surface area contributed by atoms with Crippen LogP contribution in [0.2, 0.25) is 0 Å². The quantitative estimate of drug-likeness (QED) is 0.507. The van der Waals surface area contributed by atoms with Crippen LogP contribution in [0.3, 0.4) is 0 Å². The number of halogens is 1. The van der Waals surface area contributed by atoms with Crippen molar-refractivity contribution in [3.05, 3.63) is 63.8 Å². The Labute approximate surface area is 171 Å². The third-order valence-corrected chi connectivity index (χ3v) is 5.56. The highest BCUT2D eigenvalue weighted by molar-refractivity contribution is 5.89. The lowest BCUT2D eigenvalue weighted by Crippen LogP contribution is -2.49. The molecule has 1 aliphatic heterocycles. The van der Waals surface area contributed by atoms with Crippen LogP contribution >= 0.6 is 0 Å². The molecule has 156 valence electrons. The van der Waals surface area contributed by atoms with Crippen molar-refractivity contribution in [3.63, 3.8) is 0 Å². The summed E-state index contributed by atoms with van der Waals surface area (Å²) in [5, 5.41) is 20.0. The summed E-state index contributed by atoms with van der Waals surface area (Å²) in [4.78, 5) is 29.0. The fourth-order valence-corrected chi connectivity index (χ4v) is 3.76. The van der Waals surface area contributed by atoms with Crippen LogP contribution in [0.25, 0.3) is 11.0 Å². The monoisotopic (exact) mass is 412 g/mol. The summed E-state index contributed by atoms with van der Waals surface area (Å²) in [6.45, 7) is 3.88. The number of nitrogens with zero attached hydrogens (tertiary/aromatic N) is 2. The Bertz CT molecular complexity index is 1160. The van der Waals surface area contributed by atoms with Gasteiger partial charge in [-0.15, -0.1) is 0 Å². The number of amides is 1. The average molecular weight is 412 g/mol. The molecule has 7 nitrogen and oxygen atoms in total. The van der Waals surface area contributed by atoms with Gasteiger partial charge in [-0.25, -0.2) is 9.18 Å². The Hall–Kier alpha value is -3.55. The number of phenols is 2. The van der Waals surface area contributed by atoms with Crippen molar-refractivity contribution in [2.24, 2.45) is 0 Å². The lowest BCUT2D eigenvalue weighted by atomic mass is 10.0. The maximum Gasteiger partial charge on any atom is 0.340 e. The van der Waals surface area contributed by atoms with Crippen LogP contribution in [0.1, 0.15) is 11.1 Å². The van der Waals surface area contributed by atoms with E-state index in [9.17, 15) is 24.2 Å². The van der Waals surface area contributed by atoms with Gasteiger partial charge in [0.2, 0.25) is 11.7 Å². The summed E-state index contributed by atoms with van der Waals surface area (Å²) >= 11 is 0. The van der Waals surface area contributed by atoms with Crippen LogP contribution < -0.4 is 10.5 Å². The fraction of sp³-hybridized carbons (Fsp3) is 0.273. The molecular weight excluding hydrogens is 391 g/mol. The van der Waals surface area contributed by atoms with Crippen molar-refractivity contribution in [2.75, 3.05) is 31.1 Å². The van der Waals surface area contributed by atoms with Gasteiger partial charge in [0.25, 0.3) is 0 Å². The van der Waals surface area contributed by atoms with E-state index in [-0.39, 0.29) is 35.0 Å². The topological polar surface area (TPSA) is 94.2 Å². The first-order valence-electron chi connectivity index (χ1n) is 9.60. The Kier molecular flexibility index (Phi) is 5.07. The summed E-state index contributed by atoms with van der Waals surface area (Å²) in [7, 11) is 0. The van der Waals surface area contributed by atoms with Gasteiger partial charge in [-0.3, -0.25) is 4.79 Å². The SMILES string of the molecule is Cc1c(CC(=O)N2CCN(c3ccc(F)cc3)CC2)c(=O)oc2c(O)c(O)ccc12. The minimum Gasteiger partial charge on any atom is -0.504 e. The maximum absolute atomic E-state index is 13.1. The number of hydrogen-bond donors (Lipinski definition) is 2. The van der Waals surface area contributed by atoms with Gasteiger partial charge in [0, 0.05) is 37.3 Å². The van der Waals surface area contributed by atoms with Crippen molar-refractivity contribution in [1.82, 2.24) is 4.90 Å². The van der Waals surface area contributed by atoms with E-state index in [1.54, 1.807) is 24.0 Å². The zero-order chi connectivity index (χ0) is 21.4. The van der Waals surface area contributed by atoms with Crippen LogP contribution in [0.15, 0.2) is 45.6 Å². The number of rotatable bonds is 3. The molecule has 1 saturated heterocycles. The van der Waals surface area contributed by atoms with Gasteiger partial charge in [0.05, 0.1) is 12.0 Å². The predicted octanol–water partition coefficient (Wildman–Crippen LogP) is 2.54. The normalized spacial score (nSPS) is 14.3. The van der Waals surface area contributed by atoms with Crippen LogP contribution in [0.4, 0.5) is 10.1 Å². The molecule has 0 spiro atoms. The van der Waals surface area contributed by atoms with Gasteiger partial charge in [0.1, 0.15) is 5.82 Å². The van der Waals surface area contributed by atoms with Gasteiger partial charge in [-0.1, -0.05) is 0 Å². The van der Waals surface area contributed by atoms with E-state index < -0.39 is 11.4 Å². The van der Waals surface area contributed by atoms with Gasteiger partial charge in [-0.2, -0.15) is 0 Å². The molecule has 30 heavy (non-hydrogen) atoms. The first-order valence-corrected chi connectivity index (χ1v) is 9.60. The van der Waals surface area contributed by atoms with Crippen LogP contribution in [0.5, 0.6) is 11.5 Å². The van der Waals surface area contributed by atoms with Crippen LogP contribution in [-0.2, 0) is 11.2 Å². The first kappa shape index (κ1) is 19.8. The number of carbonyl (C=O) groups excluding carboxylic acids is 1. The molecule has 1 aromatic heterocycles. The Morgan fingerprint density at radius 2 is 1.73 bits per heavy atom. The molecule has 2 N–H and O–H groups in total. The van der Waals surface area contributed by atoms with Crippen molar-refractivity contribution in [3.8, 4) is 11.5 Å². The van der Waals surface area contributed by atoms with E-state index in [4.69, 9.17) is 4.42 Å². The summed E-state index contributed by atoms with van der Waals surface area (Å²) in [5.74, 6) is -1.36. The molecule has 0 radical (unpaired) electrons. The number of aryl methyl sites for hydroxylation is 1. The lowest BCUT2D eigenvalue weighted by Gasteiger charge is -2.36. The number of aromatic hydroxyl groups is 2. The molecule has 0 unspecified atom stereocenters. The number of anilines is 1. The molecule has 1 fully saturated rings. The highest BCUT2D eigenvalue weighted by atomic mass is 19.1. The standard InChI is InChI=1S/C22H21FN2O5/c1-13-16-6-7-18(26)20(28)21(16)30-22(29)17(13)12-19(27)25-10-8-24(9-11-25)15-4-2-14(23)3-5-15/h2-7,26,28H,8-12H2,1H3. The highest BCUT2D eigenvalue weighted by Gasteiger charge is 2.24. The van der Waals surface area contributed by atoms with Crippen molar-refractivity contribution in [1.29, 1.82) is 0 Å². The molecule has 1 aliphatic rings. The van der Waals surface area contributed by atoms with Crippen molar-refractivity contribution >= 4 is 22.6 Å². The van der Waals surface area contributed by atoms with Gasteiger partial charge in [-0.05, 0) is 48.9 Å². The number of fused-ring (bicyclic) bond motifs is 1. The molecule has 1 amide bonds. The number of piperazine rings is 1. The van der Waals surface area contributed by atoms with Crippen molar-refractivity contribution < 1.29 is 23.8 Å². The fourth-order valence-electron chi connectivity index (χ4n) is 3.76. The van der Waals surface area contributed by atoms with E-state index in [0.29, 0.717) is 37.1 Å². The highest BCUT2D eigenvalue weighted by Crippen LogP contribution is 2.34. The summed E-state index contributed by atoms with van der Waals surface area (Å²) in [5.41, 5.74) is 0.867. The Morgan fingerprint density at radius 3 is 2.40 bits per heavy atom. The van der Waals surface area contributed by atoms with E-state index in [2.05, 4.69) is 4.90 Å². The second-order valence-corrected chi connectivity index (χ2v) is 7.32. The number of phenolic OH excluding ortho intramolecular Hbond substituents is 2. The van der Waals surface area contributed by atoms with Crippen LogP contribution in [-0.4, -0.2) is 47.2 Å². The van der Waals surface area contributed by atoms with Crippen LogP contribution in [0, 0.1) is 12.7 Å². The zero-order valence-electron chi connectivity index (χ0n) is 16.4.